The van der Waals surface area contributed by atoms with Crippen LogP contribution in [0.15, 0.2) is 34.8 Å². The van der Waals surface area contributed by atoms with E-state index in [4.69, 9.17) is 0 Å². The van der Waals surface area contributed by atoms with Crippen LogP contribution in [0.25, 0.3) is 5.57 Å². The summed E-state index contributed by atoms with van der Waals surface area (Å²) in [5.74, 6) is 0.870. The third-order valence-electron chi connectivity index (χ3n) is 2.89. The lowest BCUT2D eigenvalue weighted by atomic mass is 9.88. The van der Waals surface area contributed by atoms with E-state index in [1.807, 2.05) is 0 Å². The van der Waals surface area contributed by atoms with Crippen molar-refractivity contribution in [2.24, 2.45) is 5.92 Å². The third kappa shape index (κ3) is 2.27. The first-order valence-electron chi connectivity index (χ1n) is 5.20. The maximum atomic E-state index is 3.46. The molecule has 0 heterocycles. The molecule has 1 aromatic carbocycles. The van der Waals surface area contributed by atoms with E-state index in [1.54, 1.807) is 0 Å². The number of rotatable bonds is 1. The van der Waals surface area contributed by atoms with Crippen LogP contribution in [0.3, 0.4) is 0 Å². The molecule has 1 aromatic rings. The second-order valence-corrected chi connectivity index (χ2v) is 5.03. The van der Waals surface area contributed by atoms with E-state index < -0.39 is 0 Å². The Bertz CT molecular complexity index is 335. The van der Waals surface area contributed by atoms with Gasteiger partial charge in [0.05, 0.1) is 0 Å². The van der Waals surface area contributed by atoms with E-state index in [0.29, 0.717) is 0 Å². The molecule has 0 radical (unpaired) electrons. The monoisotopic (exact) mass is 250 g/mol. The standard InChI is InChI=1S/C13H15Br/c1-10-2-4-11(5-3-10)12-6-8-13(14)9-7-12/h4,6-10H,2-3,5H2,1H3. The van der Waals surface area contributed by atoms with Crippen molar-refractivity contribution in [2.75, 3.05) is 0 Å². The van der Waals surface area contributed by atoms with Crippen molar-refractivity contribution < 1.29 is 0 Å². The molecule has 0 bridgehead atoms. The van der Waals surface area contributed by atoms with Gasteiger partial charge in [-0.2, -0.15) is 0 Å². The van der Waals surface area contributed by atoms with Gasteiger partial charge in [0.2, 0.25) is 0 Å². The molecule has 0 nitrogen and oxygen atoms in total. The summed E-state index contributed by atoms with van der Waals surface area (Å²) in [6.45, 7) is 2.33. The second kappa shape index (κ2) is 4.31. The van der Waals surface area contributed by atoms with E-state index in [9.17, 15) is 0 Å². The first-order chi connectivity index (χ1) is 6.75. The summed E-state index contributed by atoms with van der Waals surface area (Å²) in [6, 6.07) is 8.64. The summed E-state index contributed by atoms with van der Waals surface area (Å²) in [5.41, 5.74) is 2.91. The number of allylic oxidation sites excluding steroid dienone is 2. The van der Waals surface area contributed by atoms with E-state index in [1.165, 1.54) is 30.4 Å². The molecule has 0 aromatic heterocycles. The Hall–Kier alpha value is -0.560. The summed E-state index contributed by atoms with van der Waals surface area (Å²) in [6.07, 6.45) is 6.22. The summed E-state index contributed by atoms with van der Waals surface area (Å²) < 4.78 is 1.16. The zero-order valence-electron chi connectivity index (χ0n) is 8.46. The Morgan fingerprint density at radius 2 is 1.93 bits per heavy atom. The fraction of sp³-hybridized carbons (Fsp3) is 0.385. The van der Waals surface area contributed by atoms with Crippen molar-refractivity contribution in [1.82, 2.24) is 0 Å². The van der Waals surface area contributed by atoms with Crippen molar-refractivity contribution in [3.05, 3.63) is 40.4 Å². The largest absolute Gasteiger partial charge is 0.0805 e. The minimum atomic E-state index is 0.870. The molecule has 1 atom stereocenters. The average Bonchev–Trinajstić information content (AvgIpc) is 2.21. The van der Waals surface area contributed by atoms with Gasteiger partial charge in [0.1, 0.15) is 0 Å². The zero-order valence-corrected chi connectivity index (χ0v) is 10.0. The van der Waals surface area contributed by atoms with Crippen molar-refractivity contribution in [3.8, 4) is 0 Å². The molecule has 1 aliphatic rings. The van der Waals surface area contributed by atoms with Crippen molar-refractivity contribution in [3.63, 3.8) is 0 Å². The average molecular weight is 251 g/mol. The van der Waals surface area contributed by atoms with Crippen LogP contribution in [0.2, 0.25) is 0 Å². The highest BCUT2D eigenvalue weighted by molar-refractivity contribution is 9.10. The van der Waals surface area contributed by atoms with Gasteiger partial charge in [-0.3, -0.25) is 0 Å². The van der Waals surface area contributed by atoms with Gasteiger partial charge < -0.3 is 0 Å². The summed E-state index contributed by atoms with van der Waals surface area (Å²) >= 11 is 3.46. The molecule has 1 unspecified atom stereocenters. The van der Waals surface area contributed by atoms with E-state index >= 15 is 0 Å². The minimum Gasteiger partial charge on any atom is -0.0805 e. The van der Waals surface area contributed by atoms with Gasteiger partial charge in [0.25, 0.3) is 0 Å². The van der Waals surface area contributed by atoms with Crippen LogP contribution >= 0.6 is 15.9 Å². The van der Waals surface area contributed by atoms with Crippen molar-refractivity contribution in [2.45, 2.75) is 26.2 Å². The fourth-order valence-corrected chi connectivity index (χ4v) is 2.16. The molecular weight excluding hydrogens is 236 g/mol. The molecule has 1 heteroatoms. The number of benzene rings is 1. The Morgan fingerprint density at radius 3 is 2.50 bits per heavy atom. The topological polar surface area (TPSA) is 0 Å². The lowest BCUT2D eigenvalue weighted by Crippen LogP contribution is -2.00. The minimum absolute atomic E-state index is 0.870. The van der Waals surface area contributed by atoms with Crippen LogP contribution in [0, 0.1) is 5.92 Å². The highest BCUT2D eigenvalue weighted by atomic mass is 79.9. The molecule has 0 amide bonds. The molecule has 0 aliphatic heterocycles. The van der Waals surface area contributed by atoms with Gasteiger partial charge in [-0.15, -0.1) is 0 Å². The Morgan fingerprint density at radius 1 is 1.21 bits per heavy atom. The molecule has 14 heavy (non-hydrogen) atoms. The lowest BCUT2D eigenvalue weighted by molar-refractivity contribution is 0.534. The molecule has 0 saturated carbocycles. The maximum Gasteiger partial charge on any atom is 0.0175 e. The van der Waals surface area contributed by atoms with Crippen LogP contribution < -0.4 is 0 Å². The van der Waals surface area contributed by atoms with Crippen LogP contribution in [-0.2, 0) is 0 Å². The predicted molar refractivity (Wildman–Crippen MR) is 65.1 cm³/mol. The molecule has 2 rings (SSSR count). The first kappa shape index (κ1) is 9.97. The number of hydrogen-bond donors (Lipinski definition) is 0. The molecule has 1 aliphatic carbocycles. The third-order valence-corrected chi connectivity index (χ3v) is 3.42. The first-order valence-corrected chi connectivity index (χ1v) is 6.00. The van der Waals surface area contributed by atoms with E-state index in [0.717, 1.165) is 10.4 Å². The van der Waals surface area contributed by atoms with Gasteiger partial charge in [0.15, 0.2) is 0 Å². The van der Waals surface area contributed by atoms with Crippen LogP contribution in [0.5, 0.6) is 0 Å². The SMILES string of the molecule is CC1CC=C(c2ccc(Br)cc2)CC1. The van der Waals surface area contributed by atoms with Crippen LogP contribution in [0.1, 0.15) is 31.7 Å². The highest BCUT2D eigenvalue weighted by Gasteiger charge is 2.10. The zero-order chi connectivity index (χ0) is 9.97. The van der Waals surface area contributed by atoms with E-state index in [-0.39, 0.29) is 0 Å². The van der Waals surface area contributed by atoms with Gasteiger partial charge in [0, 0.05) is 4.47 Å². The number of halogens is 1. The molecule has 0 saturated heterocycles. The van der Waals surface area contributed by atoms with Crippen LogP contribution in [0.4, 0.5) is 0 Å². The smallest absolute Gasteiger partial charge is 0.0175 e. The Labute approximate surface area is 94.2 Å². The van der Waals surface area contributed by atoms with Crippen molar-refractivity contribution >= 4 is 21.5 Å². The maximum absolute atomic E-state index is 3.46. The Kier molecular flexibility index (Phi) is 3.07. The predicted octanol–water partition coefficient (Wildman–Crippen LogP) is 4.65. The van der Waals surface area contributed by atoms with Gasteiger partial charge in [-0.05, 0) is 48.4 Å². The molecule has 0 fully saturated rings. The fourth-order valence-electron chi connectivity index (χ4n) is 1.89. The van der Waals surface area contributed by atoms with Gasteiger partial charge in [-0.1, -0.05) is 41.1 Å². The molecule has 0 spiro atoms. The molecule has 74 valence electrons. The summed E-state index contributed by atoms with van der Waals surface area (Å²) in [5, 5.41) is 0. The second-order valence-electron chi connectivity index (χ2n) is 4.12. The van der Waals surface area contributed by atoms with E-state index in [2.05, 4.69) is 53.2 Å². The normalized spacial score (nSPS) is 21.9. The van der Waals surface area contributed by atoms with Gasteiger partial charge >= 0.3 is 0 Å². The highest BCUT2D eigenvalue weighted by Crippen LogP contribution is 2.30. The van der Waals surface area contributed by atoms with Crippen molar-refractivity contribution in [1.29, 1.82) is 0 Å². The molecular formula is C13H15Br. The summed E-state index contributed by atoms with van der Waals surface area (Å²) in [4.78, 5) is 0. The van der Waals surface area contributed by atoms with Gasteiger partial charge in [-0.25, -0.2) is 0 Å². The number of hydrogen-bond acceptors (Lipinski definition) is 0. The summed E-state index contributed by atoms with van der Waals surface area (Å²) in [7, 11) is 0. The lowest BCUT2D eigenvalue weighted by Gasteiger charge is -2.18. The molecule has 0 N–H and O–H groups in total. The Balaban J connectivity index is 2.19. The quantitative estimate of drug-likeness (QED) is 0.681. The van der Waals surface area contributed by atoms with Crippen LogP contribution in [-0.4, -0.2) is 0 Å².